The van der Waals surface area contributed by atoms with E-state index in [-0.39, 0.29) is 11.7 Å². The summed E-state index contributed by atoms with van der Waals surface area (Å²) in [6.07, 6.45) is -1.65. The molecule has 0 atom stereocenters. The molecule has 22 heavy (non-hydrogen) atoms. The average molecular weight is 313 g/mol. The molecule has 0 aromatic carbocycles. The van der Waals surface area contributed by atoms with E-state index in [1.807, 2.05) is 0 Å². The van der Waals surface area contributed by atoms with Crippen molar-refractivity contribution in [2.75, 3.05) is 11.9 Å². The van der Waals surface area contributed by atoms with Crippen LogP contribution in [-0.2, 0) is 6.54 Å². The highest BCUT2D eigenvalue weighted by atomic mass is 19.4. The largest absolute Gasteiger partial charge is 0.467 e. The summed E-state index contributed by atoms with van der Waals surface area (Å²) < 4.78 is 46.1. The molecule has 3 rings (SSSR count). The van der Waals surface area contributed by atoms with Crippen LogP contribution >= 0.6 is 0 Å². The van der Waals surface area contributed by atoms with E-state index in [1.165, 1.54) is 12.6 Å². The van der Waals surface area contributed by atoms with Crippen molar-refractivity contribution in [3.05, 3.63) is 30.5 Å². The van der Waals surface area contributed by atoms with Gasteiger partial charge in [-0.15, -0.1) is 0 Å². The summed E-state index contributed by atoms with van der Waals surface area (Å²) in [5.74, 6) is 1.07. The van der Waals surface area contributed by atoms with E-state index in [2.05, 4.69) is 30.0 Å². The highest BCUT2D eigenvalue weighted by Gasteiger charge is 2.29. The zero-order valence-electron chi connectivity index (χ0n) is 11.0. The van der Waals surface area contributed by atoms with Crippen LogP contribution in [-0.4, -0.2) is 32.7 Å². The number of furan rings is 1. The molecule has 0 aliphatic heterocycles. The zero-order chi connectivity index (χ0) is 15.6. The molecule has 0 saturated carbocycles. The number of halogens is 3. The Morgan fingerprint density at radius 2 is 2.18 bits per heavy atom. The normalized spacial score (nSPS) is 11.8. The molecule has 0 spiro atoms. The lowest BCUT2D eigenvalue weighted by Crippen LogP contribution is -2.19. The molecule has 0 bridgehead atoms. The number of H-pyrrole nitrogens is 1. The fourth-order valence-corrected chi connectivity index (χ4v) is 1.74. The van der Waals surface area contributed by atoms with Gasteiger partial charge in [0, 0.05) is 0 Å². The summed E-state index contributed by atoms with van der Waals surface area (Å²) in [6.45, 7) is -1.08. The van der Waals surface area contributed by atoms with E-state index in [0.717, 1.165) is 0 Å². The third kappa shape index (κ3) is 3.27. The number of aromatic nitrogens is 4. The van der Waals surface area contributed by atoms with E-state index in [1.54, 1.807) is 12.1 Å². The van der Waals surface area contributed by atoms with Crippen molar-refractivity contribution in [3.8, 4) is 6.01 Å². The van der Waals surface area contributed by atoms with Crippen molar-refractivity contribution in [2.24, 2.45) is 0 Å². The van der Waals surface area contributed by atoms with Crippen LogP contribution in [0.25, 0.3) is 11.2 Å². The highest BCUT2D eigenvalue weighted by Crippen LogP contribution is 2.22. The monoisotopic (exact) mass is 313 g/mol. The molecular formula is C12H10F3N5O2. The Labute approximate surface area is 121 Å². The van der Waals surface area contributed by atoms with E-state index < -0.39 is 12.8 Å². The molecular weight excluding hydrogens is 303 g/mol. The van der Waals surface area contributed by atoms with Gasteiger partial charge in [-0.3, -0.25) is 0 Å². The molecule has 116 valence electrons. The van der Waals surface area contributed by atoms with Crippen LogP contribution in [0.3, 0.4) is 0 Å². The Balaban J connectivity index is 1.77. The molecule has 2 N–H and O–H groups in total. The summed E-state index contributed by atoms with van der Waals surface area (Å²) in [7, 11) is 0. The molecule has 7 nitrogen and oxygen atoms in total. The minimum absolute atomic E-state index is 0.203. The first-order chi connectivity index (χ1) is 10.5. The summed E-state index contributed by atoms with van der Waals surface area (Å²) >= 11 is 0. The van der Waals surface area contributed by atoms with Gasteiger partial charge in [0.25, 0.3) is 6.01 Å². The van der Waals surface area contributed by atoms with Crippen LogP contribution in [0.4, 0.5) is 19.0 Å². The zero-order valence-corrected chi connectivity index (χ0v) is 11.0. The number of ether oxygens (including phenoxy) is 1. The standard InChI is InChI=1S/C12H10F3N5O2/c13-12(14,15)5-22-11-19-8-9(17-6-18-10(8)20-11)16-4-7-2-1-3-21-7/h1-3,6H,4-5H2,(H2,16,17,18,19,20). The average Bonchev–Trinajstić information content (AvgIpc) is 3.11. The van der Waals surface area contributed by atoms with Crippen molar-refractivity contribution in [2.45, 2.75) is 12.7 Å². The van der Waals surface area contributed by atoms with Gasteiger partial charge >= 0.3 is 6.18 Å². The Morgan fingerprint density at radius 1 is 1.32 bits per heavy atom. The van der Waals surface area contributed by atoms with Crippen LogP contribution in [0.15, 0.2) is 29.1 Å². The molecule has 0 aliphatic rings. The van der Waals surface area contributed by atoms with Gasteiger partial charge in [0.15, 0.2) is 18.1 Å². The first-order valence-electron chi connectivity index (χ1n) is 6.18. The van der Waals surface area contributed by atoms with Gasteiger partial charge in [-0.25, -0.2) is 9.97 Å². The molecule has 0 fully saturated rings. The van der Waals surface area contributed by atoms with Gasteiger partial charge in [-0.1, -0.05) is 0 Å². The first-order valence-corrected chi connectivity index (χ1v) is 6.18. The number of hydrogen-bond donors (Lipinski definition) is 2. The van der Waals surface area contributed by atoms with Gasteiger partial charge in [-0.2, -0.15) is 18.2 Å². The van der Waals surface area contributed by atoms with Gasteiger partial charge in [-0.05, 0) is 12.1 Å². The lowest BCUT2D eigenvalue weighted by molar-refractivity contribution is -0.154. The number of fused-ring (bicyclic) bond motifs is 1. The third-order valence-corrected chi connectivity index (χ3v) is 2.65. The number of rotatable bonds is 5. The maximum atomic E-state index is 12.1. The molecule has 0 amide bonds. The quantitative estimate of drug-likeness (QED) is 0.752. The van der Waals surface area contributed by atoms with Crippen LogP contribution in [0.2, 0.25) is 0 Å². The van der Waals surface area contributed by atoms with E-state index in [0.29, 0.717) is 23.6 Å². The molecule has 3 heterocycles. The van der Waals surface area contributed by atoms with Gasteiger partial charge in [0.2, 0.25) is 0 Å². The summed E-state index contributed by atoms with van der Waals surface area (Å²) in [5, 5.41) is 2.98. The van der Waals surface area contributed by atoms with Crippen LogP contribution in [0.5, 0.6) is 6.01 Å². The number of anilines is 1. The molecule has 0 saturated heterocycles. The fourth-order valence-electron chi connectivity index (χ4n) is 1.74. The van der Waals surface area contributed by atoms with Crippen LogP contribution in [0.1, 0.15) is 5.76 Å². The van der Waals surface area contributed by atoms with Crippen molar-refractivity contribution >= 4 is 17.0 Å². The lowest BCUT2D eigenvalue weighted by Gasteiger charge is -2.05. The molecule has 3 aromatic rings. The number of alkyl halides is 3. The molecule has 0 unspecified atom stereocenters. The minimum atomic E-state index is -4.44. The van der Waals surface area contributed by atoms with Gasteiger partial charge < -0.3 is 19.5 Å². The SMILES string of the molecule is FC(F)(F)COc1nc2ncnc(NCc3ccco3)c2[nH]1. The topological polar surface area (TPSA) is 88.9 Å². The Bertz CT molecular complexity index is 754. The Morgan fingerprint density at radius 3 is 2.91 bits per heavy atom. The molecule has 0 aliphatic carbocycles. The van der Waals surface area contributed by atoms with Crippen molar-refractivity contribution in [3.63, 3.8) is 0 Å². The number of nitrogens with one attached hydrogen (secondary N) is 2. The molecule has 10 heteroatoms. The van der Waals surface area contributed by atoms with Crippen molar-refractivity contribution in [1.82, 2.24) is 19.9 Å². The smallest absolute Gasteiger partial charge is 0.422 e. The third-order valence-electron chi connectivity index (χ3n) is 2.65. The predicted molar refractivity (Wildman–Crippen MR) is 69.3 cm³/mol. The Kier molecular flexibility index (Phi) is 3.57. The highest BCUT2D eigenvalue weighted by molar-refractivity contribution is 5.82. The van der Waals surface area contributed by atoms with Crippen LogP contribution < -0.4 is 10.1 Å². The maximum absolute atomic E-state index is 12.1. The molecule has 0 radical (unpaired) electrons. The lowest BCUT2D eigenvalue weighted by atomic mass is 10.4. The van der Waals surface area contributed by atoms with E-state index in [9.17, 15) is 13.2 Å². The number of imidazole rings is 1. The Hall–Kier alpha value is -2.78. The van der Waals surface area contributed by atoms with Crippen molar-refractivity contribution in [1.29, 1.82) is 0 Å². The maximum Gasteiger partial charge on any atom is 0.422 e. The number of hydrogen-bond acceptors (Lipinski definition) is 6. The van der Waals surface area contributed by atoms with E-state index >= 15 is 0 Å². The second-order valence-corrected chi connectivity index (χ2v) is 4.30. The van der Waals surface area contributed by atoms with Crippen LogP contribution in [0, 0.1) is 0 Å². The van der Waals surface area contributed by atoms with Crippen molar-refractivity contribution < 1.29 is 22.3 Å². The summed E-state index contributed by atoms with van der Waals surface area (Å²) in [5.41, 5.74) is 0.556. The van der Waals surface area contributed by atoms with E-state index in [4.69, 9.17) is 4.42 Å². The summed E-state index contributed by atoms with van der Waals surface area (Å²) in [4.78, 5) is 14.3. The second kappa shape index (κ2) is 5.54. The second-order valence-electron chi connectivity index (χ2n) is 4.30. The summed E-state index contributed by atoms with van der Waals surface area (Å²) in [6, 6.07) is 3.25. The van der Waals surface area contributed by atoms with Gasteiger partial charge in [0.05, 0.1) is 12.8 Å². The number of aromatic amines is 1. The van der Waals surface area contributed by atoms with Gasteiger partial charge in [0.1, 0.15) is 17.6 Å². The predicted octanol–water partition coefficient (Wildman–Crippen LogP) is 2.50. The minimum Gasteiger partial charge on any atom is -0.467 e. The first kappa shape index (κ1) is 14.2. The molecule has 3 aromatic heterocycles. The fraction of sp³-hybridized carbons (Fsp3) is 0.250. The number of nitrogens with zero attached hydrogens (tertiary/aromatic N) is 3.